The average molecular weight is 350 g/mol. The van der Waals surface area contributed by atoms with Crippen molar-refractivity contribution in [3.63, 3.8) is 0 Å². The molecular formula is C19H18N4O3. The van der Waals surface area contributed by atoms with E-state index in [0.717, 1.165) is 11.3 Å². The van der Waals surface area contributed by atoms with Gasteiger partial charge in [-0.15, -0.1) is 0 Å². The number of nitro groups is 1. The number of benzene rings is 2. The van der Waals surface area contributed by atoms with Gasteiger partial charge in [0.15, 0.2) is 0 Å². The highest BCUT2D eigenvalue weighted by atomic mass is 16.6. The first-order valence-corrected chi connectivity index (χ1v) is 7.95. The minimum absolute atomic E-state index is 0.0973. The lowest BCUT2D eigenvalue weighted by Gasteiger charge is -2.19. The summed E-state index contributed by atoms with van der Waals surface area (Å²) in [6.45, 7) is 4.44. The van der Waals surface area contributed by atoms with Gasteiger partial charge >= 0.3 is 0 Å². The fraction of sp³-hybridized carbons (Fsp3) is 0.158. The maximum Gasteiger partial charge on any atom is 0.271 e. The number of hydrogen-bond acceptors (Lipinski definition) is 5. The lowest BCUT2D eigenvalue weighted by molar-refractivity contribution is -0.384. The maximum atomic E-state index is 12.4. The summed E-state index contributed by atoms with van der Waals surface area (Å²) >= 11 is 0. The van der Waals surface area contributed by atoms with Crippen LogP contribution in [-0.2, 0) is 4.79 Å². The first-order chi connectivity index (χ1) is 12.4. The third kappa shape index (κ3) is 4.68. The molecular weight excluding hydrogens is 332 g/mol. The second-order valence-corrected chi connectivity index (χ2v) is 5.54. The number of nitriles is 1. The third-order valence-electron chi connectivity index (χ3n) is 3.64. The van der Waals surface area contributed by atoms with Crippen LogP contribution in [0, 0.1) is 28.4 Å². The second-order valence-electron chi connectivity index (χ2n) is 5.54. The Morgan fingerprint density at radius 3 is 2.65 bits per heavy atom. The Bertz CT molecular complexity index is 900. The van der Waals surface area contributed by atoms with Crippen molar-refractivity contribution in [3.05, 3.63) is 76.0 Å². The topological polar surface area (TPSA) is 99.3 Å². The van der Waals surface area contributed by atoms with Gasteiger partial charge in [0, 0.05) is 36.3 Å². The minimum atomic E-state index is -0.626. The average Bonchev–Trinajstić information content (AvgIpc) is 2.62. The number of nitrogens with zero attached hydrogens (tertiary/aromatic N) is 3. The molecule has 2 aromatic carbocycles. The van der Waals surface area contributed by atoms with E-state index >= 15 is 0 Å². The van der Waals surface area contributed by atoms with Gasteiger partial charge in [-0.05, 0) is 37.6 Å². The molecule has 132 valence electrons. The number of nitrogens with one attached hydrogen (secondary N) is 1. The Hall–Kier alpha value is -3.66. The summed E-state index contributed by atoms with van der Waals surface area (Å²) in [6, 6.07) is 15.1. The molecule has 0 saturated heterocycles. The van der Waals surface area contributed by atoms with Crippen LogP contribution in [0.4, 0.5) is 17.1 Å². The van der Waals surface area contributed by atoms with Crippen LogP contribution in [0.1, 0.15) is 12.5 Å². The lowest BCUT2D eigenvalue weighted by atomic mass is 10.2. The van der Waals surface area contributed by atoms with Gasteiger partial charge in [0.25, 0.3) is 11.6 Å². The highest BCUT2D eigenvalue weighted by Gasteiger charge is 2.14. The fourth-order valence-corrected chi connectivity index (χ4v) is 2.34. The quantitative estimate of drug-likeness (QED) is 0.370. The van der Waals surface area contributed by atoms with Crippen molar-refractivity contribution in [3.8, 4) is 6.07 Å². The molecule has 7 heteroatoms. The highest BCUT2D eigenvalue weighted by Crippen LogP contribution is 2.19. The summed E-state index contributed by atoms with van der Waals surface area (Å²) in [6.07, 6.45) is 1.47. The van der Waals surface area contributed by atoms with Crippen molar-refractivity contribution < 1.29 is 9.72 Å². The standard InChI is InChI=1S/C19H18N4O3/c1-3-22(17-8-4-6-14(2)10-17)13-15(12-20)19(24)21-16-7-5-9-18(11-16)23(25)26/h4-11,13H,3H2,1-2H3,(H,21,24)/b15-13-. The molecule has 0 aromatic heterocycles. The van der Waals surface area contributed by atoms with E-state index in [1.165, 1.54) is 30.5 Å². The number of nitro benzene ring substituents is 1. The highest BCUT2D eigenvalue weighted by molar-refractivity contribution is 6.06. The Labute approximate surface area is 151 Å². The summed E-state index contributed by atoms with van der Waals surface area (Å²) in [5.74, 6) is -0.626. The molecule has 7 nitrogen and oxygen atoms in total. The number of aryl methyl sites for hydroxylation is 1. The molecule has 1 amide bonds. The number of carbonyl (C=O) groups excluding carboxylic acids is 1. The maximum absolute atomic E-state index is 12.4. The first kappa shape index (κ1) is 18.7. The van der Waals surface area contributed by atoms with Gasteiger partial charge in [-0.1, -0.05) is 18.2 Å². The summed E-state index contributed by atoms with van der Waals surface area (Å²) in [5, 5.41) is 22.7. The molecule has 1 N–H and O–H groups in total. The number of anilines is 2. The summed E-state index contributed by atoms with van der Waals surface area (Å²) < 4.78 is 0. The van der Waals surface area contributed by atoms with Crippen LogP contribution in [0.15, 0.2) is 60.3 Å². The zero-order valence-electron chi connectivity index (χ0n) is 14.5. The largest absolute Gasteiger partial charge is 0.347 e. The van der Waals surface area contributed by atoms with E-state index in [0.29, 0.717) is 6.54 Å². The molecule has 0 fully saturated rings. The van der Waals surface area contributed by atoms with Gasteiger partial charge in [0.05, 0.1) is 4.92 Å². The van der Waals surface area contributed by atoms with Crippen LogP contribution in [0.5, 0.6) is 0 Å². The van der Waals surface area contributed by atoms with E-state index in [-0.39, 0.29) is 16.9 Å². The number of carbonyl (C=O) groups is 1. The summed E-state index contributed by atoms with van der Waals surface area (Å²) in [5.41, 5.74) is 1.95. The molecule has 0 atom stereocenters. The molecule has 0 saturated carbocycles. The van der Waals surface area contributed by atoms with Crippen molar-refractivity contribution in [2.24, 2.45) is 0 Å². The van der Waals surface area contributed by atoms with Gasteiger partial charge in [-0.2, -0.15) is 5.26 Å². The fourth-order valence-electron chi connectivity index (χ4n) is 2.34. The molecule has 2 aromatic rings. The summed E-state index contributed by atoms with van der Waals surface area (Å²) in [7, 11) is 0. The third-order valence-corrected chi connectivity index (χ3v) is 3.64. The van der Waals surface area contributed by atoms with E-state index in [9.17, 15) is 20.2 Å². The zero-order chi connectivity index (χ0) is 19.1. The molecule has 0 heterocycles. The minimum Gasteiger partial charge on any atom is -0.347 e. The second kappa shape index (κ2) is 8.44. The Balaban J connectivity index is 2.24. The van der Waals surface area contributed by atoms with E-state index in [2.05, 4.69) is 5.32 Å². The number of rotatable bonds is 6. The van der Waals surface area contributed by atoms with Crippen LogP contribution in [-0.4, -0.2) is 17.4 Å². The number of non-ortho nitro benzene ring substituents is 1. The van der Waals surface area contributed by atoms with Crippen LogP contribution < -0.4 is 10.2 Å². The van der Waals surface area contributed by atoms with Crippen molar-refractivity contribution >= 4 is 23.0 Å². The van der Waals surface area contributed by atoms with E-state index in [1.54, 1.807) is 4.90 Å². The first-order valence-electron chi connectivity index (χ1n) is 7.95. The molecule has 0 aliphatic rings. The molecule has 0 aliphatic heterocycles. The number of amides is 1. The van der Waals surface area contributed by atoms with Gasteiger partial charge < -0.3 is 10.2 Å². The molecule has 0 spiro atoms. The van der Waals surface area contributed by atoms with Crippen LogP contribution >= 0.6 is 0 Å². The molecule has 26 heavy (non-hydrogen) atoms. The molecule has 0 aliphatic carbocycles. The van der Waals surface area contributed by atoms with Gasteiger partial charge in [0.1, 0.15) is 11.6 Å². The van der Waals surface area contributed by atoms with Crippen molar-refractivity contribution in [2.45, 2.75) is 13.8 Å². The normalized spacial score (nSPS) is 10.7. The van der Waals surface area contributed by atoms with E-state index in [4.69, 9.17) is 0 Å². The lowest BCUT2D eigenvalue weighted by Crippen LogP contribution is -2.20. The number of hydrogen-bond donors (Lipinski definition) is 1. The Kier molecular flexibility index (Phi) is 6.06. The molecule has 0 unspecified atom stereocenters. The van der Waals surface area contributed by atoms with Crippen LogP contribution in [0.3, 0.4) is 0 Å². The smallest absolute Gasteiger partial charge is 0.271 e. The molecule has 0 bridgehead atoms. The zero-order valence-corrected chi connectivity index (χ0v) is 14.5. The molecule has 0 radical (unpaired) electrons. The predicted molar refractivity (Wildman–Crippen MR) is 99.6 cm³/mol. The van der Waals surface area contributed by atoms with E-state index < -0.39 is 10.8 Å². The van der Waals surface area contributed by atoms with Crippen molar-refractivity contribution in [1.82, 2.24) is 0 Å². The van der Waals surface area contributed by atoms with Gasteiger partial charge in [0.2, 0.25) is 0 Å². The van der Waals surface area contributed by atoms with Gasteiger partial charge in [-0.25, -0.2) is 0 Å². The SMILES string of the molecule is CCN(/C=C(/C#N)C(=O)Nc1cccc([N+](=O)[O-])c1)c1cccc(C)c1. The van der Waals surface area contributed by atoms with Crippen LogP contribution in [0.25, 0.3) is 0 Å². The van der Waals surface area contributed by atoms with Crippen molar-refractivity contribution in [1.29, 1.82) is 5.26 Å². The predicted octanol–water partition coefficient (Wildman–Crippen LogP) is 3.78. The van der Waals surface area contributed by atoms with Crippen LogP contribution in [0.2, 0.25) is 0 Å². The summed E-state index contributed by atoms with van der Waals surface area (Å²) in [4.78, 5) is 24.4. The van der Waals surface area contributed by atoms with E-state index in [1.807, 2.05) is 44.2 Å². The Morgan fingerprint density at radius 2 is 2.04 bits per heavy atom. The van der Waals surface area contributed by atoms with Gasteiger partial charge in [-0.3, -0.25) is 14.9 Å². The Morgan fingerprint density at radius 1 is 1.31 bits per heavy atom. The monoisotopic (exact) mass is 350 g/mol. The van der Waals surface area contributed by atoms with Crippen molar-refractivity contribution in [2.75, 3.05) is 16.8 Å². The molecule has 2 rings (SSSR count).